The molecule has 24 heavy (non-hydrogen) atoms. The van der Waals surface area contributed by atoms with Crippen molar-refractivity contribution in [1.29, 1.82) is 0 Å². The maximum atomic E-state index is 5.86. The van der Waals surface area contributed by atoms with E-state index >= 15 is 0 Å². The van der Waals surface area contributed by atoms with Gasteiger partial charge >= 0.3 is 0 Å². The number of aromatic nitrogens is 1. The highest BCUT2D eigenvalue weighted by molar-refractivity contribution is 14.0. The van der Waals surface area contributed by atoms with Gasteiger partial charge in [0.1, 0.15) is 11.9 Å². The first-order chi connectivity index (χ1) is 11.1. The molecule has 0 spiro atoms. The van der Waals surface area contributed by atoms with Gasteiger partial charge in [0.05, 0.1) is 23.8 Å². The van der Waals surface area contributed by atoms with E-state index in [1.54, 1.807) is 18.4 Å². The first-order valence-electron chi connectivity index (χ1n) is 7.63. The largest absolute Gasteiger partial charge is 0.489 e. The highest BCUT2D eigenvalue weighted by Crippen LogP contribution is 2.11. The zero-order valence-electron chi connectivity index (χ0n) is 14.5. The molecule has 0 amide bonds. The topological polar surface area (TPSA) is 49.8 Å². The predicted molar refractivity (Wildman–Crippen MR) is 112 cm³/mol. The molecule has 0 aliphatic rings. The lowest BCUT2D eigenvalue weighted by Gasteiger charge is -2.23. The van der Waals surface area contributed by atoms with Gasteiger partial charge in [-0.2, -0.15) is 0 Å². The van der Waals surface area contributed by atoms with E-state index in [0.717, 1.165) is 29.0 Å². The maximum absolute atomic E-state index is 5.86. The number of thiazole rings is 1. The molecule has 0 aliphatic heterocycles. The van der Waals surface area contributed by atoms with Crippen LogP contribution in [0.3, 0.4) is 0 Å². The summed E-state index contributed by atoms with van der Waals surface area (Å²) in [5, 5.41) is 6.51. The predicted octanol–water partition coefficient (Wildman–Crippen LogP) is 3.54. The molecule has 5 nitrogen and oxygen atoms in total. The van der Waals surface area contributed by atoms with E-state index in [4.69, 9.17) is 4.74 Å². The molecule has 0 bridgehead atoms. The standard InChI is InChI=1S/C17H24N4OS.HI/c1-13(22-16-8-6-5-7-9-16)10-19-17(18-3)21(4)11-15-12-23-14(2)20-15;/h5-9,12-13H,10-11H2,1-4H3,(H,18,19);1H. The van der Waals surface area contributed by atoms with Crippen molar-refractivity contribution in [3.63, 3.8) is 0 Å². The number of para-hydroxylation sites is 1. The summed E-state index contributed by atoms with van der Waals surface area (Å²) >= 11 is 1.67. The molecule has 0 aliphatic carbocycles. The molecule has 1 unspecified atom stereocenters. The van der Waals surface area contributed by atoms with Crippen molar-refractivity contribution >= 4 is 41.3 Å². The fourth-order valence-electron chi connectivity index (χ4n) is 2.19. The molecular weight excluding hydrogens is 435 g/mol. The van der Waals surface area contributed by atoms with E-state index in [1.807, 2.05) is 51.2 Å². The van der Waals surface area contributed by atoms with Gasteiger partial charge in [0, 0.05) is 19.5 Å². The number of ether oxygens (including phenoxy) is 1. The maximum Gasteiger partial charge on any atom is 0.193 e. The van der Waals surface area contributed by atoms with Crippen LogP contribution in [0.4, 0.5) is 0 Å². The number of aryl methyl sites for hydroxylation is 1. The zero-order valence-corrected chi connectivity index (χ0v) is 17.7. The molecule has 0 radical (unpaired) electrons. The van der Waals surface area contributed by atoms with Gasteiger partial charge in [-0.3, -0.25) is 4.99 Å². The molecule has 1 aromatic heterocycles. The Kier molecular flexibility index (Phi) is 9.05. The number of rotatable bonds is 6. The van der Waals surface area contributed by atoms with Crippen molar-refractivity contribution in [1.82, 2.24) is 15.2 Å². The minimum absolute atomic E-state index is 0. The monoisotopic (exact) mass is 460 g/mol. The molecule has 0 saturated heterocycles. The van der Waals surface area contributed by atoms with Gasteiger partial charge in [-0.25, -0.2) is 4.98 Å². The summed E-state index contributed by atoms with van der Waals surface area (Å²) in [6, 6.07) is 9.84. The Morgan fingerprint density at radius 3 is 2.67 bits per heavy atom. The van der Waals surface area contributed by atoms with Crippen molar-refractivity contribution < 1.29 is 4.74 Å². The van der Waals surface area contributed by atoms with Gasteiger partial charge in [-0.15, -0.1) is 35.3 Å². The van der Waals surface area contributed by atoms with Gasteiger partial charge in [0.15, 0.2) is 5.96 Å². The SMILES string of the molecule is CN=C(NCC(C)Oc1ccccc1)N(C)Cc1csc(C)n1.I. The number of hydrogen-bond donors (Lipinski definition) is 1. The van der Waals surface area contributed by atoms with Crippen LogP contribution in [0.2, 0.25) is 0 Å². The third kappa shape index (κ3) is 6.64. The van der Waals surface area contributed by atoms with Crippen LogP contribution < -0.4 is 10.1 Å². The lowest BCUT2D eigenvalue weighted by Crippen LogP contribution is -2.42. The third-order valence-corrected chi connectivity index (χ3v) is 4.09. The molecule has 1 heterocycles. The fraction of sp³-hybridized carbons (Fsp3) is 0.412. The molecule has 0 fully saturated rings. The average molecular weight is 460 g/mol. The molecule has 7 heteroatoms. The Bertz CT molecular complexity index is 633. The van der Waals surface area contributed by atoms with Crippen LogP contribution in [0.5, 0.6) is 5.75 Å². The van der Waals surface area contributed by atoms with Crippen LogP contribution >= 0.6 is 35.3 Å². The summed E-state index contributed by atoms with van der Waals surface area (Å²) in [5.41, 5.74) is 1.06. The van der Waals surface area contributed by atoms with Crippen LogP contribution in [-0.4, -0.2) is 42.6 Å². The first-order valence-corrected chi connectivity index (χ1v) is 8.51. The number of benzene rings is 1. The lowest BCUT2D eigenvalue weighted by atomic mass is 10.3. The summed E-state index contributed by atoms with van der Waals surface area (Å²) in [7, 11) is 3.79. The molecule has 2 aromatic rings. The molecule has 1 atom stereocenters. The second-order valence-corrected chi connectivity index (χ2v) is 6.45. The Morgan fingerprint density at radius 1 is 1.38 bits per heavy atom. The van der Waals surface area contributed by atoms with Gasteiger partial charge in [-0.05, 0) is 26.0 Å². The summed E-state index contributed by atoms with van der Waals surface area (Å²) in [5.74, 6) is 1.71. The highest BCUT2D eigenvalue weighted by atomic mass is 127. The smallest absolute Gasteiger partial charge is 0.193 e. The summed E-state index contributed by atoms with van der Waals surface area (Å²) in [6.07, 6.45) is 0.0454. The Morgan fingerprint density at radius 2 is 2.08 bits per heavy atom. The molecule has 1 N–H and O–H groups in total. The zero-order chi connectivity index (χ0) is 16.7. The number of aliphatic imine (C=N–C) groups is 1. The summed E-state index contributed by atoms with van der Waals surface area (Å²) in [6.45, 7) is 5.47. The summed E-state index contributed by atoms with van der Waals surface area (Å²) < 4.78 is 5.86. The molecule has 2 rings (SSSR count). The number of hydrogen-bond acceptors (Lipinski definition) is 4. The number of nitrogens with one attached hydrogen (secondary N) is 1. The minimum Gasteiger partial charge on any atom is -0.489 e. The van der Waals surface area contributed by atoms with E-state index < -0.39 is 0 Å². The van der Waals surface area contributed by atoms with Crippen molar-refractivity contribution in [2.45, 2.75) is 26.5 Å². The van der Waals surface area contributed by atoms with Crippen LogP contribution in [0.1, 0.15) is 17.6 Å². The van der Waals surface area contributed by atoms with Crippen LogP contribution in [0.15, 0.2) is 40.7 Å². The second-order valence-electron chi connectivity index (χ2n) is 5.38. The van der Waals surface area contributed by atoms with E-state index in [9.17, 15) is 0 Å². The van der Waals surface area contributed by atoms with Crippen LogP contribution in [-0.2, 0) is 6.54 Å². The lowest BCUT2D eigenvalue weighted by molar-refractivity contribution is 0.222. The number of guanidine groups is 1. The number of halogens is 1. The molecule has 1 aromatic carbocycles. The normalized spacial score (nSPS) is 12.2. The quantitative estimate of drug-likeness (QED) is 0.407. The van der Waals surface area contributed by atoms with E-state index in [0.29, 0.717) is 6.54 Å². The second kappa shape index (κ2) is 10.5. The van der Waals surface area contributed by atoms with Gasteiger partial charge in [0.2, 0.25) is 0 Å². The fourth-order valence-corrected chi connectivity index (χ4v) is 2.80. The first kappa shape index (κ1) is 20.7. The van der Waals surface area contributed by atoms with Crippen molar-refractivity contribution in [2.24, 2.45) is 4.99 Å². The minimum atomic E-state index is 0. The Labute approximate surface area is 165 Å². The van der Waals surface area contributed by atoms with E-state index in [1.165, 1.54) is 0 Å². The van der Waals surface area contributed by atoms with Crippen molar-refractivity contribution in [2.75, 3.05) is 20.6 Å². The van der Waals surface area contributed by atoms with E-state index in [2.05, 4.69) is 25.6 Å². The summed E-state index contributed by atoms with van der Waals surface area (Å²) in [4.78, 5) is 10.9. The van der Waals surface area contributed by atoms with Gasteiger partial charge in [0.25, 0.3) is 0 Å². The average Bonchev–Trinajstić information content (AvgIpc) is 2.94. The van der Waals surface area contributed by atoms with E-state index in [-0.39, 0.29) is 30.1 Å². The Balaban J connectivity index is 0.00000288. The van der Waals surface area contributed by atoms with Gasteiger partial charge < -0.3 is 15.0 Å². The number of nitrogens with zero attached hydrogens (tertiary/aromatic N) is 3. The van der Waals surface area contributed by atoms with Crippen molar-refractivity contribution in [3.8, 4) is 5.75 Å². The molecule has 0 saturated carbocycles. The Hall–Kier alpha value is -1.35. The third-order valence-electron chi connectivity index (χ3n) is 3.27. The molecule has 132 valence electrons. The van der Waals surface area contributed by atoms with Crippen LogP contribution in [0.25, 0.3) is 0 Å². The van der Waals surface area contributed by atoms with Gasteiger partial charge in [-0.1, -0.05) is 18.2 Å². The highest BCUT2D eigenvalue weighted by Gasteiger charge is 2.10. The van der Waals surface area contributed by atoms with Crippen LogP contribution in [0, 0.1) is 6.92 Å². The van der Waals surface area contributed by atoms with Crippen molar-refractivity contribution in [3.05, 3.63) is 46.4 Å². The molecular formula is C17H25IN4OS.